The number of rotatable bonds is 1. The minimum absolute atomic E-state index is 0.191. The molecule has 15 heavy (non-hydrogen) atoms. The summed E-state index contributed by atoms with van der Waals surface area (Å²) >= 11 is 6.15. The third-order valence-corrected chi connectivity index (χ3v) is 3.62. The fourth-order valence-electron chi connectivity index (χ4n) is 1.87. The van der Waals surface area contributed by atoms with Crippen LogP contribution >= 0.6 is 11.6 Å². The van der Waals surface area contributed by atoms with Crippen molar-refractivity contribution in [3.8, 4) is 0 Å². The van der Waals surface area contributed by atoms with E-state index in [0.29, 0.717) is 11.8 Å². The second kappa shape index (κ2) is 3.16. The lowest BCUT2D eigenvalue weighted by molar-refractivity contribution is 0.108. The van der Waals surface area contributed by atoms with Gasteiger partial charge in [-0.2, -0.15) is 0 Å². The molecule has 0 atom stereocenters. The van der Waals surface area contributed by atoms with Crippen molar-refractivity contribution in [2.45, 2.75) is 38.2 Å². The highest BCUT2D eigenvalue weighted by Gasteiger charge is 2.42. The van der Waals surface area contributed by atoms with Crippen LogP contribution in [0.2, 0.25) is 5.15 Å². The van der Waals surface area contributed by atoms with Crippen molar-refractivity contribution in [1.29, 1.82) is 0 Å². The molecule has 0 radical (unpaired) electrons. The van der Waals surface area contributed by atoms with Gasteiger partial charge in [0.05, 0.1) is 18.9 Å². The van der Waals surface area contributed by atoms with E-state index in [2.05, 4.69) is 16.9 Å². The monoisotopic (exact) mass is 224 g/mol. The summed E-state index contributed by atoms with van der Waals surface area (Å²) in [6.07, 6.45) is 3.22. The number of fused-ring (bicyclic) bond motifs is 1. The van der Waals surface area contributed by atoms with E-state index in [9.17, 15) is 0 Å². The zero-order valence-electron chi connectivity index (χ0n) is 8.72. The van der Waals surface area contributed by atoms with Crippen LogP contribution in [0.15, 0.2) is 0 Å². The maximum atomic E-state index is 6.15. The van der Waals surface area contributed by atoms with Crippen molar-refractivity contribution in [2.24, 2.45) is 0 Å². The maximum Gasteiger partial charge on any atom is 0.138 e. The predicted molar refractivity (Wildman–Crippen MR) is 57.0 cm³/mol. The molecule has 1 aromatic rings. The summed E-state index contributed by atoms with van der Waals surface area (Å²) in [5.41, 5.74) is 2.26. The fraction of sp³-hybridized carbons (Fsp3) is 0.636. The molecule has 0 spiro atoms. The number of ether oxygens (including phenoxy) is 1. The lowest BCUT2D eigenvalue weighted by atomic mass is 10.1. The van der Waals surface area contributed by atoms with Gasteiger partial charge in [0.25, 0.3) is 0 Å². The van der Waals surface area contributed by atoms with Crippen LogP contribution in [0.4, 0.5) is 0 Å². The van der Waals surface area contributed by atoms with E-state index >= 15 is 0 Å². The molecule has 1 aromatic heterocycles. The van der Waals surface area contributed by atoms with Gasteiger partial charge in [-0.15, -0.1) is 0 Å². The van der Waals surface area contributed by atoms with Crippen molar-refractivity contribution in [3.63, 3.8) is 0 Å². The first kappa shape index (κ1) is 9.55. The van der Waals surface area contributed by atoms with Crippen LogP contribution in [0.25, 0.3) is 0 Å². The minimum atomic E-state index is 0.191. The molecule has 3 rings (SSSR count). The Labute approximate surface area is 93.8 Å². The van der Waals surface area contributed by atoms with Gasteiger partial charge < -0.3 is 4.74 Å². The van der Waals surface area contributed by atoms with Gasteiger partial charge in [0.2, 0.25) is 0 Å². The molecule has 1 saturated carbocycles. The number of hydrogen-bond donors (Lipinski definition) is 0. The number of hydrogen-bond acceptors (Lipinski definition) is 3. The standard InChI is InChI=1S/C11H13ClN2O/c1-11(3-4-11)10-13-8-2-5-15-6-7(8)9(12)14-10/h2-6H2,1H3. The van der Waals surface area contributed by atoms with Crippen LogP contribution in [-0.2, 0) is 23.2 Å². The average Bonchev–Trinajstić information content (AvgIpc) is 2.98. The number of nitrogens with zero attached hydrogens (tertiary/aromatic N) is 2. The normalized spacial score (nSPS) is 22.3. The Hall–Kier alpha value is -0.670. The van der Waals surface area contributed by atoms with Crippen LogP contribution in [-0.4, -0.2) is 16.6 Å². The Morgan fingerprint density at radius 3 is 2.87 bits per heavy atom. The number of halogens is 1. The van der Waals surface area contributed by atoms with E-state index in [4.69, 9.17) is 16.3 Å². The minimum Gasteiger partial charge on any atom is -0.376 e. The van der Waals surface area contributed by atoms with E-state index in [0.717, 1.165) is 30.1 Å². The van der Waals surface area contributed by atoms with Gasteiger partial charge in [-0.05, 0) is 12.8 Å². The molecule has 2 aliphatic rings. The van der Waals surface area contributed by atoms with E-state index < -0.39 is 0 Å². The van der Waals surface area contributed by atoms with Crippen molar-refractivity contribution in [2.75, 3.05) is 6.61 Å². The predicted octanol–water partition coefficient (Wildman–Crippen LogP) is 2.25. The Morgan fingerprint density at radius 2 is 2.13 bits per heavy atom. The molecule has 4 heteroatoms. The van der Waals surface area contributed by atoms with Crippen LogP contribution < -0.4 is 0 Å². The van der Waals surface area contributed by atoms with Gasteiger partial charge in [-0.3, -0.25) is 0 Å². The molecule has 80 valence electrons. The van der Waals surface area contributed by atoms with Gasteiger partial charge >= 0.3 is 0 Å². The SMILES string of the molecule is CC1(c2nc(Cl)c3c(n2)CCOC3)CC1. The third kappa shape index (κ3) is 1.54. The molecule has 2 heterocycles. The molecule has 0 saturated heterocycles. The van der Waals surface area contributed by atoms with Crippen LogP contribution in [0.1, 0.15) is 36.8 Å². The highest BCUT2D eigenvalue weighted by Crippen LogP contribution is 2.46. The van der Waals surface area contributed by atoms with Crippen LogP contribution in [0, 0.1) is 0 Å². The summed E-state index contributed by atoms with van der Waals surface area (Å²) in [6, 6.07) is 0. The van der Waals surface area contributed by atoms with Crippen molar-refractivity contribution in [3.05, 3.63) is 22.2 Å². The van der Waals surface area contributed by atoms with Gasteiger partial charge in [-0.1, -0.05) is 18.5 Å². The van der Waals surface area contributed by atoms with Crippen molar-refractivity contribution in [1.82, 2.24) is 9.97 Å². The summed E-state index contributed by atoms with van der Waals surface area (Å²) in [5.74, 6) is 0.924. The number of aromatic nitrogens is 2. The first-order valence-electron chi connectivity index (χ1n) is 5.32. The van der Waals surface area contributed by atoms with Gasteiger partial charge in [0.1, 0.15) is 11.0 Å². The molecule has 0 amide bonds. The Morgan fingerprint density at radius 1 is 1.33 bits per heavy atom. The molecule has 1 aliphatic carbocycles. The molecule has 3 nitrogen and oxygen atoms in total. The van der Waals surface area contributed by atoms with Crippen LogP contribution in [0.5, 0.6) is 0 Å². The smallest absolute Gasteiger partial charge is 0.138 e. The Bertz CT molecular complexity index is 415. The molecule has 0 aromatic carbocycles. The van der Waals surface area contributed by atoms with E-state index in [1.54, 1.807) is 0 Å². The third-order valence-electron chi connectivity index (χ3n) is 3.31. The van der Waals surface area contributed by atoms with Crippen molar-refractivity contribution < 1.29 is 4.74 Å². The molecular formula is C11H13ClN2O. The molecule has 0 N–H and O–H groups in total. The van der Waals surface area contributed by atoms with E-state index in [1.807, 2.05) is 0 Å². The molecule has 0 bridgehead atoms. The molecule has 0 unspecified atom stereocenters. The molecular weight excluding hydrogens is 212 g/mol. The topological polar surface area (TPSA) is 35.0 Å². The van der Waals surface area contributed by atoms with E-state index in [-0.39, 0.29) is 5.41 Å². The molecule has 1 fully saturated rings. The second-order valence-electron chi connectivity index (χ2n) is 4.63. The Balaban J connectivity index is 2.08. The van der Waals surface area contributed by atoms with Crippen molar-refractivity contribution >= 4 is 11.6 Å². The summed E-state index contributed by atoms with van der Waals surface area (Å²) in [5, 5.41) is 0.586. The van der Waals surface area contributed by atoms with Gasteiger partial charge in [-0.25, -0.2) is 9.97 Å². The Kier molecular flexibility index (Phi) is 2.01. The first-order valence-corrected chi connectivity index (χ1v) is 5.70. The van der Waals surface area contributed by atoms with E-state index in [1.165, 1.54) is 12.8 Å². The average molecular weight is 225 g/mol. The highest BCUT2D eigenvalue weighted by atomic mass is 35.5. The zero-order valence-corrected chi connectivity index (χ0v) is 9.47. The fourth-order valence-corrected chi connectivity index (χ4v) is 2.12. The van der Waals surface area contributed by atoms with Crippen LogP contribution in [0.3, 0.4) is 0 Å². The summed E-state index contributed by atoms with van der Waals surface area (Å²) in [7, 11) is 0. The second-order valence-corrected chi connectivity index (χ2v) is 4.98. The zero-order chi connectivity index (χ0) is 10.5. The van der Waals surface area contributed by atoms with Gasteiger partial charge in [0.15, 0.2) is 0 Å². The van der Waals surface area contributed by atoms with Gasteiger partial charge in [0, 0.05) is 17.4 Å². The summed E-state index contributed by atoms with van der Waals surface area (Å²) < 4.78 is 5.35. The quantitative estimate of drug-likeness (QED) is 0.687. The summed E-state index contributed by atoms with van der Waals surface area (Å²) in [4.78, 5) is 9.03. The lowest BCUT2D eigenvalue weighted by Gasteiger charge is -2.18. The largest absolute Gasteiger partial charge is 0.376 e. The highest BCUT2D eigenvalue weighted by molar-refractivity contribution is 6.30. The maximum absolute atomic E-state index is 6.15. The lowest BCUT2D eigenvalue weighted by Crippen LogP contribution is -2.17. The first-order chi connectivity index (χ1) is 7.19. The molecule has 1 aliphatic heterocycles. The summed E-state index contributed by atoms with van der Waals surface area (Å²) in [6.45, 7) is 3.51.